The average Bonchev–Trinajstić information content (AvgIpc) is 3.01. The van der Waals surface area contributed by atoms with Gasteiger partial charge in [0.1, 0.15) is 9.70 Å². The van der Waals surface area contributed by atoms with E-state index >= 15 is 0 Å². The molecule has 0 aromatic heterocycles. The number of Topliss-reactive ketones (excluding diaryl/α,β-unsaturated/α-hetero) is 1. The average molecular weight is 516 g/mol. The lowest BCUT2D eigenvalue weighted by Crippen LogP contribution is -2.46. The van der Waals surface area contributed by atoms with Crippen LogP contribution in [0, 0.1) is 5.41 Å². The fraction of sp³-hybridized carbons (Fsp3) is 0.0909. The van der Waals surface area contributed by atoms with Crippen LogP contribution in [0.5, 0.6) is 0 Å². The van der Waals surface area contributed by atoms with E-state index in [2.05, 4.69) is 31.9 Å². The zero-order valence-corrected chi connectivity index (χ0v) is 18.7. The van der Waals surface area contributed by atoms with Crippen LogP contribution in [0.1, 0.15) is 15.9 Å². The Kier molecular flexibility index (Phi) is 5.45. The predicted octanol–water partition coefficient (Wildman–Crippen LogP) is 6.44. The van der Waals surface area contributed by atoms with Crippen molar-refractivity contribution in [3.05, 3.63) is 101 Å². The zero-order valence-electron chi connectivity index (χ0n) is 14.7. The van der Waals surface area contributed by atoms with E-state index in [1.165, 1.54) is 11.8 Å². The summed E-state index contributed by atoms with van der Waals surface area (Å²) in [4.78, 5) is 15.3. The van der Waals surface area contributed by atoms with E-state index in [4.69, 9.17) is 5.41 Å². The Morgan fingerprint density at radius 3 is 2.11 bits per heavy atom. The van der Waals surface area contributed by atoms with E-state index in [-0.39, 0.29) is 5.78 Å². The Morgan fingerprint density at radius 2 is 1.50 bits per heavy atom. The fourth-order valence-corrected chi connectivity index (χ4v) is 6.07. The van der Waals surface area contributed by atoms with Crippen LogP contribution < -0.4 is 4.90 Å². The summed E-state index contributed by atoms with van der Waals surface area (Å²) < 4.78 is 0.1000. The third-order valence-electron chi connectivity index (χ3n) is 4.67. The molecule has 2 atom stereocenters. The Hall–Kier alpha value is -1.89. The Labute approximate surface area is 184 Å². The summed E-state index contributed by atoms with van der Waals surface area (Å²) in [6.07, 6.45) is 0. The molecule has 0 aliphatic carbocycles. The number of anilines is 1. The van der Waals surface area contributed by atoms with E-state index in [1.807, 2.05) is 89.8 Å². The number of benzene rings is 3. The maximum absolute atomic E-state index is 13.4. The van der Waals surface area contributed by atoms with Gasteiger partial charge in [-0.2, -0.15) is 0 Å². The molecule has 1 saturated heterocycles. The van der Waals surface area contributed by atoms with Crippen molar-refractivity contribution in [2.75, 3.05) is 4.90 Å². The molecule has 4 rings (SSSR count). The quantitative estimate of drug-likeness (QED) is 0.247. The predicted molar refractivity (Wildman–Crippen MR) is 124 cm³/mol. The molecule has 1 aliphatic rings. The number of rotatable bonds is 4. The molecule has 6 heteroatoms. The summed E-state index contributed by atoms with van der Waals surface area (Å²) in [5.74, 6) is -0.00399. The smallest absolute Gasteiger partial charge is 0.179 e. The van der Waals surface area contributed by atoms with Crippen molar-refractivity contribution in [2.24, 2.45) is 0 Å². The second-order valence-electron chi connectivity index (χ2n) is 6.38. The molecule has 1 fully saturated rings. The van der Waals surface area contributed by atoms with Crippen LogP contribution in [0.4, 0.5) is 5.69 Å². The van der Waals surface area contributed by atoms with Crippen LogP contribution in [-0.2, 0) is 4.45 Å². The van der Waals surface area contributed by atoms with Crippen molar-refractivity contribution in [1.82, 2.24) is 0 Å². The van der Waals surface area contributed by atoms with Gasteiger partial charge in [-0.25, -0.2) is 0 Å². The number of alkyl halides is 1. The minimum absolute atomic E-state index is 0.00399. The molecule has 1 N–H and O–H groups in total. The van der Waals surface area contributed by atoms with Crippen LogP contribution in [0.3, 0.4) is 0 Å². The highest BCUT2D eigenvalue weighted by molar-refractivity contribution is 9.10. The summed E-state index contributed by atoms with van der Waals surface area (Å²) in [5, 5.41) is 8.51. The number of hydrogen-bond acceptors (Lipinski definition) is 3. The molecule has 0 unspecified atom stereocenters. The molecule has 3 aromatic rings. The third kappa shape index (κ3) is 3.34. The van der Waals surface area contributed by atoms with Crippen molar-refractivity contribution >= 4 is 60.3 Å². The van der Waals surface area contributed by atoms with Gasteiger partial charge in [0.2, 0.25) is 0 Å². The molecule has 3 aromatic carbocycles. The second kappa shape index (κ2) is 7.85. The van der Waals surface area contributed by atoms with Crippen LogP contribution in [0.2, 0.25) is 0 Å². The first-order valence-corrected chi connectivity index (χ1v) is 11.1. The highest BCUT2D eigenvalue weighted by Gasteiger charge is 2.55. The van der Waals surface area contributed by atoms with Crippen molar-refractivity contribution < 1.29 is 4.79 Å². The fourth-order valence-electron chi connectivity index (χ4n) is 3.34. The van der Waals surface area contributed by atoms with Crippen LogP contribution >= 0.6 is 43.6 Å². The van der Waals surface area contributed by atoms with E-state index in [1.54, 1.807) is 0 Å². The maximum atomic E-state index is 13.4. The van der Waals surface area contributed by atoms with E-state index in [0.717, 1.165) is 15.7 Å². The SMILES string of the molecule is N=C1S[C@H](C(=O)c2ccccc2)[C@](Br)(c2ccccc2)N1c1ccc(Br)cc1. The van der Waals surface area contributed by atoms with Gasteiger partial charge in [0.15, 0.2) is 11.0 Å². The standard InChI is InChI=1S/C22H16Br2N2OS/c23-17-11-13-18(14-12-17)26-21(25)28-20(19(27)15-7-3-1-4-8-15)22(26,24)16-9-5-2-6-10-16/h1-14,20,25H/t20-,22+/m1/s1. The highest BCUT2D eigenvalue weighted by Crippen LogP contribution is 2.53. The summed E-state index contributed by atoms with van der Waals surface area (Å²) in [6, 6.07) is 26.9. The number of ketones is 1. The second-order valence-corrected chi connectivity index (χ2v) is 9.60. The molecule has 0 radical (unpaired) electrons. The zero-order chi connectivity index (χ0) is 19.7. The lowest BCUT2D eigenvalue weighted by molar-refractivity contribution is 0.0979. The van der Waals surface area contributed by atoms with Gasteiger partial charge in [-0.1, -0.05) is 104 Å². The van der Waals surface area contributed by atoms with Crippen LogP contribution in [0.15, 0.2) is 89.4 Å². The lowest BCUT2D eigenvalue weighted by Gasteiger charge is -2.37. The topological polar surface area (TPSA) is 44.2 Å². The number of nitrogens with one attached hydrogen (secondary N) is 1. The lowest BCUT2D eigenvalue weighted by atomic mass is 9.95. The highest BCUT2D eigenvalue weighted by atomic mass is 79.9. The Balaban J connectivity index is 1.86. The number of hydrogen-bond donors (Lipinski definition) is 1. The van der Waals surface area contributed by atoms with Gasteiger partial charge in [0, 0.05) is 15.7 Å². The van der Waals surface area contributed by atoms with Gasteiger partial charge in [-0.15, -0.1) is 0 Å². The number of thioether (sulfide) groups is 1. The van der Waals surface area contributed by atoms with Gasteiger partial charge in [-0.3, -0.25) is 15.1 Å². The molecule has 3 nitrogen and oxygen atoms in total. The molecule has 1 aliphatic heterocycles. The molecular formula is C22H16Br2N2OS. The molecular weight excluding hydrogens is 500 g/mol. The van der Waals surface area contributed by atoms with Crippen molar-refractivity contribution in [1.29, 1.82) is 5.41 Å². The molecule has 140 valence electrons. The number of amidine groups is 1. The van der Waals surface area contributed by atoms with Gasteiger partial charge in [0.05, 0.1) is 0 Å². The van der Waals surface area contributed by atoms with Crippen LogP contribution in [-0.4, -0.2) is 16.2 Å². The van der Waals surface area contributed by atoms with Gasteiger partial charge < -0.3 is 0 Å². The molecule has 0 bridgehead atoms. The van der Waals surface area contributed by atoms with Crippen molar-refractivity contribution in [3.8, 4) is 0 Å². The maximum Gasteiger partial charge on any atom is 0.179 e. The molecule has 0 amide bonds. The summed E-state index contributed by atoms with van der Waals surface area (Å²) in [5.41, 5.74) is 2.43. The Bertz CT molecular complexity index is 1010. The number of carbonyl (C=O) groups excluding carboxylic acids is 1. The van der Waals surface area contributed by atoms with Gasteiger partial charge in [0.25, 0.3) is 0 Å². The summed E-state index contributed by atoms with van der Waals surface area (Å²) in [6.45, 7) is 0. The summed E-state index contributed by atoms with van der Waals surface area (Å²) in [7, 11) is 0. The monoisotopic (exact) mass is 514 g/mol. The molecule has 1 heterocycles. The molecule has 0 spiro atoms. The number of carbonyl (C=O) groups is 1. The number of nitrogens with zero attached hydrogens (tertiary/aromatic N) is 1. The first-order chi connectivity index (χ1) is 13.5. The molecule has 0 saturated carbocycles. The largest absolute Gasteiger partial charge is 0.300 e. The third-order valence-corrected chi connectivity index (χ3v) is 7.96. The van der Waals surface area contributed by atoms with Gasteiger partial charge in [-0.05, 0) is 29.8 Å². The van der Waals surface area contributed by atoms with Crippen molar-refractivity contribution in [2.45, 2.75) is 9.70 Å². The van der Waals surface area contributed by atoms with E-state index in [9.17, 15) is 4.79 Å². The van der Waals surface area contributed by atoms with E-state index in [0.29, 0.717) is 10.7 Å². The number of halogens is 2. The minimum atomic E-state index is -0.864. The first-order valence-electron chi connectivity index (χ1n) is 8.66. The van der Waals surface area contributed by atoms with Crippen molar-refractivity contribution in [3.63, 3.8) is 0 Å². The Morgan fingerprint density at radius 1 is 0.929 bits per heavy atom. The molecule has 28 heavy (non-hydrogen) atoms. The summed E-state index contributed by atoms with van der Waals surface area (Å²) >= 11 is 8.66. The van der Waals surface area contributed by atoms with Crippen LogP contribution in [0.25, 0.3) is 0 Å². The normalized spacial score (nSPS) is 21.7. The van der Waals surface area contributed by atoms with Gasteiger partial charge >= 0.3 is 0 Å². The first kappa shape index (κ1) is 19.4. The minimum Gasteiger partial charge on any atom is -0.300 e. The van der Waals surface area contributed by atoms with E-state index < -0.39 is 9.70 Å².